The number of hydrogen-bond donors (Lipinski definition) is 4. The minimum atomic E-state index is -0.174. The van der Waals surface area contributed by atoms with Crippen molar-refractivity contribution in [1.29, 1.82) is 0 Å². The van der Waals surface area contributed by atoms with Crippen LogP contribution in [0.25, 0.3) is 11.3 Å². The maximum Gasteiger partial charge on any atom is 0.224 e. The zero-order chi connectivity index (χ0) is 23.0. The fourth-order valence-electron chi connectivity index (χ4n) is 4.58. The van der Waals surface area contributed by atoms with E-state index in [9.17, 15) is 5.11 Å². The van der Waals surface area contributed by atoms with E-state index in [0.29, 0.717) is 18.0 Å². The Bertz CT molecular complexity index is 868. The second kappa shape index (κ2) is 11.7. The van der Waals surface area contributed by atoms with Crippen LogP contribution in [-0.4, -0.2) is 69.3 Å². The lowest BCUT2D eigenvalue weighted by Crippen LogP contribution is -2.49. The summed E-state index contributed by atoms with van der Waals surface area (Å²) >= 11 is 0. The molecule has 4 rings (SSSR count). The number of rotatable bonds is 9. The van der Waals surface area contributed by atoms with Crippen LogP contribution in [0.4, 0.5) is 11.8 Å². The van der Waals surface area contributed by atoms with Crippen molar-refractivity contribution in [3.63, 3.8) is 0 Å². The van der Waals surface area contributed by atoms with Gasteiger partial charge in [-0.25, -0.2) is 4.98 Å². The van der Waals surface area contributed by atoms with Crippen LogP contribution in [0.2, 0.25) is 0 Å². The quantitative estimate of drug-likeness (QED) is 0.430. The van der Waals surface area contributed by atoms with Gasteiger partial charge >= 0.3 is 0 Å². The molecule has 1 atom stereocenters. The van der Waals surface area contributed by atoms with E-state index < -0.39 is 0 Å². The molecule has 2 fully saturated rings. The van der Waals surface area contributed by atoms with Crippen LogP contribution < -0.4 is 16.0 Å². The molecular formula is C25H39N7O. The minimum absolute atomic E-state index is 0.174. The van der Waals surface area contributed by atoms with E-state index >= 15 is 0 Å². The average Bonchev–Trinajstić information content (AvgIpc) is 2.83. The molecule has 0 amide bonds. The number of pyridine rings is 1. The Morgan fingerprint density at radius 2 is 2.00 bits per heavy atom. The lowest BCUT2D eigenvalue weighted by atomic mass is 9.93. The third kappa shape index (κ3) is 6.62. The molecule has 0 bridgehead atoms. The molecule has 180 valence electrons. The SMILES string of the molecule is CCCCNc1ncc(-c2ccc(CN3CCNC[C@@H]3C)cn2)c(NC2CCC(O)CC2)n1. The van der Waals surface area contributed by atoms with Gasteiger partial charge in [-0.2, -0.15) is 4.98 Å². The van der Waals surface area contributed by atoms with Crippen molar-refractivity contribution >= 4 is 11.8 Å². The number of piperazine rings is 1. The van der Waals surface area contributed by atoms with Gasteiger partial charge in [-0.3, -0.25) is 9.88 Å². The second-order valence-electron chi connectivity index (χ2n) is 9.46. The van der Waals surface area contributed by atoms with Gasteiger partial charge in [-0.1, -0.05) is 19.4 Å². The molecule has 8 heteroatoms. The predicted octanol–water partition coefficient (Wildman–Crippen LogP) is 3.26. The van der Waals surface area contributed by atoms with Crippen LogP contribution in [0.1, 0.15) is 57.9 Å². The van der Waals surface area contributed by atoms with Gasteiger partial charge in [0.15, 0.2) is 0 Å². The molecule has 0 spiro atoms. The van der Waals surface area contributed by atoms with Crippen LogP contribution in [0, 0.1) is 0 Å². The monoisotopic (exact) mass is 453 g/mol. The molecule has 33 heavy (non-hydrogen) atoms. The molecule has 0 radical (unpaired) electrons. The van der Waals surface area contributed by atoms with Crippen LogP contribution in [0.5, 0.6) is 0 Å². The Labute approximate surface area is 197 Å². The first kappa shape index (κ1) is 23.9. The number of nitrogens with zero attached hydrogens (tertiary/aromatic N) is 4. The summed E-state index contributed by atoms with van der Waals surface area (Å²) in [5, 5.41) is 20.3. The molecule has 2 aromatic rings. The Hall–Kier alpha value is -2.29. The molecule has 8 nitrogen and oxygen atoms in total. The third-order valence-corrected chi connectivity index (χ3v) is 6.76. The standard InChI is InChI=1S/C25H39N7O/c1-3-4-11-27-25-29-16-22(24(31-25)30-20-6-8-21(33)9-7-20)23-10-5-19(15-28-23)17-32-13-12-26-14-18(32)2/h5,10,15-16,18,20-21,26,33H,3-4,6-9,11-14,17H2,1-2H3,(H2,27,29,30,31)/t18-,20?,21?/m0/s1. The molecule has 2 aliphatic rings. The Morgan fingerprint density at radius 3 is 2.73 bits per heavy atom. The fourth-order valence-corrected chi connectivity index (χ4v) is 4.58. The van der Waals surface area contributed by atoms with Gasteiger partial charge in [0.05, 0.1) is 17.4 Å². The van der Waals surface area contributed by atoms with Crippen molar-refractivity contribution in [3.05, 3.63) is 30.1 Å². The predicted molar refractivity (Wildman–Crippen MR) is 133 cm³/mol. The smallest absolute Gasteiger partial charge is 0.224 e. The van der Waals surface area contributed by atoms with Crippen molar-refractivity contribution in [2.45, 2.75) is 77.1 Å². The molecule has 1 aliphatic carbocycles. The number of nitrogens with one attached hydrogen (secondary N) is 3. The molecule has 0 aromatic carbocycles. The highest BCUT2D eigenvalue weighted by Crippen LogP contribution is 2.29. The van der Waals surface area contributed by atoms with Crippen molar-refractivity contribution in [3.8, 4) is 11.3 Å². The lowest BCUT2D eigenvalue weighted by molar-refractivity contribution is 0.126. The molecule has 1 aliphatic heterocycles. The summed E-state index contributed by atoms with van der Waals surface area (Å²) in [5.41, 5.74) is 3.02. The Kier molecular flexibility index (Phi) is 8.47. The van der Waals surface area contributed by atoms with Crippen molar-refractivity contribution in [1.82, 2.24) is 25.2 Å². The maximum absolute atomic E-state index is 9.87. The molecule has 0 unspecified atom stereocenters. The van der Waals surface area contributed by atoms with Crippen molar-refractivity contribution in [2.24, 2.45) is 0 Å². The summed E-state index contributed by atoms with van der Waals surface area (Å²) < 4.78 is 0. The number of aliphatic hydroxyl groups is 1. The van der Waals surface area contributed by atoms with Gasteiger partial charge in [0, 0.05) is 57.2 Å². The highest BCUT2D eigenvalue weighted by atomic mass is 16.3. The minimum Gasteiger partial charge on any atom is -0.393 e. The summed E-state index contributed by atoms with van der Waals surface area (Å²) in [7, 11) is 0. The van der Waals surface area contributed by atoms with Crippen LogP contribution in [0.3, 0.4) is 0 Å². The van der Waals surface area contributed by atoms with Gasteiger partial charge in [0.1, 0.15) is 5.82 Å². The zero-order valence-corrected chi connectivity index (χ0v) is 20.1. The second-order valence-corrected chi connectivity index (χ2v) is 9.46. The van der Waals surface area contributed by atoms with E-state index in [-0.39, 0.29) is 6.10 Å². The van der Waals surface area contributed by atoms with Gasteiger partial charge in [0.2, 0.25) is 5.95 Å². The molecule has 2 aromatic heterocycles. The first-order chi connectivity index (χ1) is 16.1. The number of aliphatic hydroxyl groups excluding tert-OH is 1. The number of aromatic nitrogens is 3. The largest absolute Gasteiger partial charge is 0.393 e. The number of hydrogen-bond acceptors (Lipinski definition) is 8. The van der Waals surface area contributed by atoms with Gasteiger partial charge in [0.25, 0.3) is 0 Å². The summed E-state index contributed by atoms with van der Waals surface area (Å²) in [5.74, 6) is 1.47. The summed E-state index contributed by atoms with van der Waals surface area (Å²) in [6, 6.07) is 5.09. The van der Waals surface area contributed by atoms with E-state index in [0.717, 1.165) is 88.3 Å². The van der Waals surface area contributed by atoms with Crippen molar-refractivity contribution < 1.29 is 5.11 Å². The highest BCUT2D eigenvalue weighted by Gasteiger charge is 2.22. The molecule has 4 N–H and O–H groups in total. The van der Waals surface area contributed by atoms with Crippen LogP contribution in [0.15, 0.2) is 24.5 Å². The van der Waals surface area contributed by atoms with E-state index in [1.807, 2.05) is 12.4 Å². The van der Waals surface area contributed by atoms with Gasteiger partial charge in [-0.15, -0.1) is 0 Å². The Balaban J connectivity index is 1.50. The molecule has 3 heterocycles. The van der Waals surface area contributed by atoms with Gasteiger partial charge < -0.3 is 21.1 Å². The number of anilines is 2. The topological polar surface area (TPSA) is 98.2 Å². The maximum atomic E-state index is 9.87. The van der Waals surface area contributed by atoms with Crippen LogP contribution in [-0.2, 0) is 6.54 Å². The lowest BCUT2D eigenvalue weighted by Gasteiger charge is -2.33. The average molecular weight is 454 g/mol. The first-order valence-electron chi connectivity index (χ1n) is 12.6. The summed E-state index contributed by atoms with van der Waals surface area (Å²) in [6.07, 6.45) is 9.45. The van der Waals surface area contributed by atoms with Crippen LogP contribution >= 0.6 is 0 Å². The zero-order valence-electron chi connectivity index (χ0n) is 20.1. The van der Waals surface area contributed by atoms with E-state index in [1.54, 1.807) is 0 Å². The fraction of sp³-hybridized carbons (Fsp3) is 0.640. The van der Waals surface area contributed by atoms with E-state index in [4.69, 9.17) is 9.97 Å². The van der Waals surface area contributed by atoms with Gasteiger partial charge in [-0.05, 0) is 50.7 Å². The van der Waals surface area contributed by atoms with E-state index in [2.05, 4.69) is 51.8 Å². The summed E-state index contributed by atoms with van der Waals surface area (Å²) in [4.78, 5) is 16.7. The van der Waals surface area contributed by atoms with E-state index in [1.165, 1.54) is 5.56 Å². The summed E-state index contributed by atoms with van der Waals surface area (Å²) in [6.45, 7) is 9.36. The van der Waals surface area contributed by atoms with Crippen molar-refractivity contribution in [2.75, 3.05) is 36.8 Å². The third-order valence-electron chi connectivity index (χ3n) is 6.76. The first-order valence-corrected chi connectivity index (χ1v) is 12.6. The molecule has 1 saturated heterocycles. The molecule has 1 saturated carbocycles. The normalized spacial score (nSPS) is 23.9. The molecular weight excluding hydrogens is 414 g/mol. The Morgan fingerprint density at radius 1 is 1.15 bits per heavy atom. The highest BCUT2D eigenvalue weighted by molar-refractivity contribution is 5.73. The number of unbranched alkanes of at least 4 members (excludes halogenated alkanes) is 1.